The quantitative estimate of drug-likeness (QED) is 0.818. The van der Waals surface area contributed by atoms with Crippen LogP contribution in [-0.4, -0.2) is 22.8 Å². The van der Waals surface area contributed by atoms with Crippen LogP contribution in [0.5, 0.6) is 0 Å². The summed E-state index contributed by atoms with van der Waals surface area (Å²) in [6, 6.07) is 1.88. The van der Waals surface area contributed by atoms with Crippen molar-refractivity contribution in [1.82, 2.24) is 9.88 Å². The molecule has 18 heavy (non-hydrogen) atoms. The molecule has 1 aliphatic heterocycles. The van der Waals surface area contributed by atoms with Crippen LogP contribution in [0.3, 0.4) is 0 Å². The first-order valence-corrected chi connectivity index (χ1v) is 6.28. The number of hydrogen-bond acceptors (Lipinski definition) is 2. The smallest absolute Gasteiger partial charge is 0.249 e. The fraction of sp³-hybridized carbons (Fsp3) is 0.615. The molecule has 0 atom stereocenters. The van der Waals surface area contributed by atoms with Crippen LogP contribution >= 0.6 is 0 Å². The van der Waals surface area contributed by atoms with Gasteiger partial charge in [-0.25, -0.2) is 8.78 Å². The van der Waals surface area contributed by atoms with E-state index in [2.05, 4.69) is 5.32 Å². The van der Waals surface area contributed by atoms with E-state index in [1.807, 2.05) is 17.7 Å². The van der Waals surface area contributed by atoms with Crippen molar-refractivity contribution in [3.8, 4) is 0 Å². The van der Waals surface area contributed by atoms with Gasteiger partial charge in [-0.2, -0.15) is 0 Å². The number of nitrogens with one attached hydrogen (secondary N) is 1. The van der Waals surface area contributed by atoms with Crippen molar-refractivity contribution in [2.24, 2.45) is 13.0 Å². The van der Waals surface area contributed by atoms with Crippen LogP contribution in [0.15, 0.2) is 6.07 Å². The van der Waals surface area contributed by atoms with E-state index in [1.54, 1.807) is 0 Å². The zero-order valence-electron chi connectivity index (χ0n) is 10.3. The normalized spacial score (nSPS) is 22.4. The van der Waals surface area contributed by atoms with Gasteiger partial charge in [0.05, 0.1) is 5.69 Å². The van der Waals surface area contributed by atoms with Crippen molar-refractivity contribution >= 4 is 5.78 Å². The number of halogens is 2. The summed E-state index contributed by atoms with van der Waals surface area (Å²) in [4.78, 5) is 12.2. The van der Waals surface area contributed by atoms with E-state index in [1.165, 1.54) is 5.56 Å². The van der Waals surface area contributed by atoms with Gasteiger partial charge in [0.25, 0.3) is 0 Å². The van der Waals surface area contributed by atoms with Gasteiger partial charge in [-0.1, -0.05) is 0 Å². The van der Waals surface area contributed by atoms with Crippen LogP contribution in [0.25, 0.3) is 0 Å². The van der Waals surface area contributed by atoms with E-state index in [0.717, 1.165) is 25.2 Å². The molecule has 0 radical (unpaired) electrons. The number of ketones is 1. The molecule has 0 amide bonds. The minimum Gasteiger partial charge on any atom is -0.344 e. The largest absolute Gasteiger partial charge is 0.344 e. The fourth-order valence-corrected chi connectivity index (χ4v) is 2.88. The second-order valence-corrected chi connectivity index (χ2v) is 5.31. The number of aromatic nitrogens is 1. The monoisotopic (exact) mass is 254 g/mol. The minimum absolute atomic E-state index is 0.127. The first-order valence-electron chi connectivity index (χ1n) is 6.28. The minimum atomic E-state index is -2.63. The number of nitrogens with zero attached hydrogens (tertiary/aromatic N) is 1. The molecule has 3 rings (SSSR count). The Morgan fingerprint density at radius 2 is 2.22 bits per heavy atom. The standard InChI is InChI=1S/C13H16F2N2O/c1-17-10(4-8-2-3-16-7-11(8)17)12(18)9-5-13(14,15)6-9/h4,9,16H,2-3,5-7H2,1H3. The van der Waals surface area contributed by atoms with Crippen molar-refractivity contribution in [3.63, 3.8) is 0 Å². The molecule has 1 aliphatic carbocycles. The van der Waals surface area contributed by atoms with Gasteiger partial charge in [0.1, 0.15) is 0 Å². The highest BCUT2D eigenvalue weighted by Gasteiger charge is 2.49. The Morgan fingerprint density at radius 3 is 2.83 bits per heavy atom. The molecule has 0 aromatic carbocycles. The highest BCUT2D eigenvalue weighted by atomic mass is 19.3. The second-order valence-electron chi connectivity index (χ2n) is 5.31. The van der Waals surface area contributed by atoms with Crippen molar-refractivity contribution in [2.45, 2.75) is 31.7 Å². The van der Waals surface area contributed by atoms with Gasteiger partial charge < -0.3 is 9.88 Å². The third-order valence-electron chi connectivity index (χ3n) is 4.02. The average Bonchev–Trinajstić information content (AvgIpc) is 2.63. The SMILES string of the molecule is Cn1c(C(=O)C2CC(F)(F)C2)cc2c1CNCC2. The first-order chi connectivity index (χ1) is 8.48. The van der Waals surface area contributed by atoms with E-state index >= 15 is 0 Å². The van der Waals surface area contributed by atoms with E-state index in [4.69, 9.17) is 0 Å². The Bertz CT molecular complexity index is 499. The molecule has 0 unspecified atom stereocenters. The molecule has 3 nitrogen and oxygen atoms in total. The number of rotatable bonds is 2. The fourth-order valence-electron chi connectivity index (χ4n) is 2.88. The number of fused-ring (bicyclic) bond motifs is 1. The Labute approximate surface area is 104 Å². The third-order valence-corrected chi connectivity index (χ3v) is 4.02. The van der Waals surface area contributed by atoms with Gasteiger partial charge in [-0.05, 0) is 24.6 Å². The predicted molar refractivity (Wildman–Crippen MR) is 62.8 cm³/mol. The van der Waals surface area contributed by atoms with E-state index in [9.17, 15) is 13.6 Å². The summed E-state index contributed by atoms with van der Waals surface area (Å²) >= 11 is 0. The predicted octanol–water partition coefficient (Wildman–Crippen LogP) is 1.90. The zero-order valence-corrected chi connectivity index (χ0v) is 10.3. The van der Waals surface area contributed by atoms with Crippen molar-refractivity contribution in [1.29, 1.82) is 0 Å². The lowest BCUT2D eigenvalue weighted by Crippen LogP contribution is -2.40. The summed E-state index contributed by atoms with van der Waals surface area (Å²) in [5.74, 6) is -3.26. The Balaban J connectivity index is 1.84. The molecule has 2 heterocycles. The van der Waals surface area contributed by atoms with Crippen LogP contribution in [0.1, 0.15) is 34.6 Å². The second kappa shape index (κ2) is 3.88. The van der Waals surface area contributed by atoms with Gasteiger partial charge in [-0.15, -0.1) is 0 Å². The van der Waals surface area contributed by atoms with Crippen LogP contribution in [0, 0.1) is 5.92 Å². The summed E-state index contributed by atoms with van der Waals surface area (Å²) in [6.45, 7) is 1.66. The molecular weight excluding hydrogens is 238 g/mol. The zero-order chi connectivity index (χ0) is 12.9. The molecule has 1 N–H and O–H groups in total. The number of carbonyl (C=O) groups excluding carboxylic acids is 1. The van der Waals surface area contributed by atoms with E-state index < -0.39 is 11.8 Å². The van der Waals surface area contributed by atoms with Gasteiger partial charge in [0.2, 0.25) is 5.92 Å². The number of hydrogen-bond donors (Lipinski definition) is 1. The molecular formula is C13H16F2N2O. The Kier molecular flexibility index (Phi) is 2.55. The summed E-state index contributed by atoms with van der Waals surface area (Å²) in [5.41, 5.74) is 2.87. The number of Topliss-reactive ketones (excluding diaryl/α,β-unsaturated/α-hetero) is 1. The topological polar surface area (TPSA) is 34.0 Å². The molecule has 98 valence electrons. The highest BCUT2D eigenvalue weighted by molar-refractivity contribution is 5.97. The maximum absolute atomic E-state index is 12.8. The molecule has 1 aromatic heterocycles. The van der Waals surface area contributed by atoms with E-state index in [-0.39, 0.29) is 18.6 Å². The van der Waals surface area contributed by atoms with Crippen molar-refractivity contribution in [3.05, 3.63) is 23.0 Å². The lowest BCUT2D eigenvalue weighted by Gasteiger charge is -2.33. The average molecular weight is 254 g/mol. The van der Waals surface area contributed by atoms with Crippen molar-refractivity contribution in [2.75, 3.05) is 6.54 Å². The summed E-state index contributed by atoms with van der Waals surface area (Å²) in [7, 11) is 1.84. The van der Waals surface area contributed by atoms with E-state index in [0.29, 0.717) is 5.69 Å². The first kappa shape index (κ1) is 11.8. The van der Waals surface area contributed by atoms with Crippen LogP contribution < -0.4 is 5.32 Å². The van der Waals surface area contributed by atoms with Gasteiger partial charge in [0, 0.05) is 38.0 Å². The van der Waals surface area contributed by atoms with Gasteiger partial charge in [0.15, 0.2) is 5.78 Å². The lowest BCUT2D eigenvalue weighted by atomic mass is 9.77. The molecule has 0 saturated heterocycles. The number of carbonyl (C=O) groups is 1. The summed E-state index contributed by atoms with van der Waals surface area (Å²) < 4.78 is 27.5. The molecule has 1 fully saturated rings. The third kappa shape index (κ3) is 1.77. The molecule has 0 spiro atoms. The van der Waals surface area contributed by atoms with Crippen molar-refractivity contribution < 1.29 is 13.6 Å². The summed E-state index contributed by atoms with van der Waals surface area (Å²) in [5, 5.41) is 3.25. The molecule has 5 heteroatoms. The Morgan fingerprint density at radius 1 is 1.50 bits per heavy atom. The molecule has 0 bridgehead atoms. The van der Waals surface area contributed by atoms with Crippen LogP contribution in [0.4, 0.5) is 8.78 Å². The molecule has 2 aliphatic rings. The highest BCUT2D eigenvalue weighted by Crippen LogP contribution is 2.44. The maximum atomic E-state index is 12.8. The maximum Gasteiger partial charge on any atom is 0.249 e. The summed E-state index contributed by atoms with van der Waals surface area (Å²) in [6.07, 6.45) is 0.317. The van der Waals surface area contributed by atoms with Crippen LogP contribution in [-0.2, 0) is 20.0 Å². The number of alkyl halides is 2. The van der Waals surface area contributed by atoms with Crippen LogP contribution in [0.2, 0.25) is 0 Å². The van der Waals surface area contributed by atoms with Gasteiger partial charge in [-0.3, -0.25) is 4.79 Å². The molecule has 1 aromatic rings. The van der Waals surface area contributed by atoms with Gasteiger partial charge >= 0.3 is 0 Å². The molecule has 1 saturated carbocycles. The lowest BCUT2D eigenvalue weighted by molar-refractivity contribution is -0.0983. The Hall–Kier alpha value is -1.23.